The zero-order valence-electron chi connectivity index (χ0n) is 9.06. The monoisotopic (exact) mass is 326 g/mol. The van der Waals surface area contributed by atoms with Gasteiger partial charge in [-0.3, -0.25) is 0 Å². The highest BCUT2D eigenvalue weighted by Gasteiger charge is 2.10. The summed E-state index contributed by atoms with van der Waals surface area (Å²) in [5.74, 6) is -1.97. The van der Waals surface area contributed by atoms with Gasteiger partial charge in [-0.1, -0.05) is 27.7 Å². The molecule has 0 aliphatic rings. The van der Waals surface area contributed by atoms with Gasteiger partial charge in [0.05, 0.1) is 5.56 Å². The van der Waals surface area contributed by atoms with E-state index < -0.39 is 11.8 Å². The molecule has 0 radical (unpaired) electrons. The molecule has 0 saturated heterocycles. The Kier molecular flexibility index (Phi) is 4.04. The summed E-state index contributed by atoms with van der Waals surface area (Å²) in [6.45, 7) is 0. The minimum absolute atomic E-state index is 0.310. The molecule has 2 rings (SSSR count). The van der Waals surface area contributed by atoms with Crippen molar-refractivity contribution in [1.82, 2.24) is 0 Å². The summed E-state index contributed by atoms with van der Waals surface area (Å²) < 4.78 is 14.4. The van der Waals surface area contributed by atoms with Gasteiger partial charge in [0, 0.05) is 14.3 Å². The normalized spacial score (nSPS) is 10.3. The van der Waals surface area contributed by atoms with Gasteiger partial charge in [0.2, 0.25) is 0 Å². The van der Waals surface area contributed by atoms with E-state index in [1.54, 1.807) is 6.07 Å². The topological polar surface area (TPSA) is 37.3 Å². The Bertz CT molecular complexity index is 584. The van der Waals surface area contributed by atoms with Crippen molar-refractivity contribution in [3.05, 3.63) is 58.3 Å². The highest BCUT2D eigenvalue weighted by molar-refractivity contribution is 9.10. The van der Waals surface area contributed by atoms with Gasteiger partial charge in [0.1, 0.15) is 5.82 Å². The number of rotatable bonds is 3. The highest BCUT2D eigenvalue weighted by Crippen LogP contribution is 2.29. The lowest BCUT2D eigenvalue weighted by Gasteiger charge is -2.03. The average molecular weight is 327 g/mol. The number of hydrogen-bond donors (Lipinski definition) is 1. The number of carboxylic acid groups (broad SMARTS) is 1. The molecule has 5 heteroatoms. The van der Waals surface area contributed by atoms with Crippen molar-refractivity contribution in [3.8, 4) is 0 Å². The van der Waals surface area contributed by atoms with Crippen molar-refractivity contribution in [2.45, 2.75) is 9.79 Å². The first kappa shape index (κ1) is 13.1. The molecule has 1 N–H and O–H groups in total. The van der Waals surface area contributed by atoms with Gasteiger partial charge in [-0.15, -0.1) is 0 Å². The van der Waals surface area contributed by atoms with Gasteiger partial charge < -0.3 is 5.11 Å². The van der Waals surface area contributed by atoms with E-state index >= 15 is 0 Å². The van der Waals surface area contributed by atoms with E-state index in [4.69, 9.17) is 5.11 Å². The van der Waals surface area contributed by atoms with Crippen molar-refractivity contribution in [1.29, 1.82) is 0 Å². The van der Waals surface area contributed by atoms with Crippen LogP contribution in [0, 0.1) is 5.82 Å². The van der Waals surface area contributed by atoms with Crippen molar-refractivity contribution in [2.24, 2.45) is 0 Å². The molecule has 2 nitrogen and oxygen atoms in total. The summed E-state index contributed by atoms with van der Waals surface area (Å²) in [7, 11) is 0. The average Bonchev–Trinajstić information content (AvgIpc) is 2.32. The number of hydrogen-bond acceptors (Lipinski definition) is 2. The van der Waals surface area contributed by atoms with Crippen LogP contribution < -0.4 is 0 Å². The summed E-state index contributed by atoms with van der Waals surface area (Å²) in [5, 5.41) is 8.72. The number of aromatic carboxylic acids is 1. The molecule has 0 bridgehead atoms. The van der Waals surface area contributed by atoms with Gasteiger partial charge in [0.15, 0.2) is 0 Å². The summed E-state index contributed by atoms with van der Waals surface area (Å²) in [5.41, 5.74) is -0.310. The Morgan fingerprint density at radius 2 is 1.72 bits per heavy atom. The first-order valence-electron chi connectivity index (χ1n) is 5.02. The fourth-order valence-electron chi connectivity index (χ4n) is 1.37. The number of halogens is 2. The molecule has 0 saturated carbocycles. The molecule has 0 amide bonds. The highest BCUT2D eigenvalue weighted by atomic mass is 79.9. The maximum absolute atomic E-state index is 13.5. The molecule has 0 aromatic heterocycles. The summed E-state index contributed by atoms with van der Waals surface area (Å²) >= 11 is 4.71. The molecule has 0 aliphatic heterocycles. The van der Waals surface area contributed by atoms with Gasteiger partial charge in [0.25, 0.3) is 0 Å². The molecule has 0 atom stereocenters. The molecule has 0 unspecified atom stereocenters. The molecule has 92 valence electrons. The quantitative estimate of drug-likeness (QED) is 0.906. The largest absolute Gasteiger partial charge is 0.478 e. The number of carboxylic acids is 1. The van der Waals surface area contributed by atoms with Crippen LogP contribution >= 0.6 is 27.7 Å². The molecular weight excluding hydrogens is 319 g/mol. The van der Waals surface area contributed by atoms with Crippen molar-refractivity contribution < 1.29 is 14.3 Å². The second kappa shape index (κ2) is 5.54. The Balaban J connectivity index is 2.22. The predicted molar refractivity (Wildman–Crippen MR) is 71.6 cm³/mol. The van der Waals surface area contributed by atoms with E-state index in [0.717, 1.165) is 9.37 Å². The minimum Gasteiger partial charge on any atom is -0.478 e. The Labute approximate surface area is 116 Å². The van der Waals surface area contributed by atoms with Crippen LogP contribution in [0.4, 0.5) is 4.39 Å². The van der Waals surface area contributed by atoms with Gasteiger partial charge in [-0.2, -0.15) is 0 Å². The zero-order valence-corrected chi connectivity index (χ0v) is 11.5. The van der Waals surface area contributed by atoms with Gasteiger partial charge in [-0.25, -0.2) is 9.18 Å². The van der Waals surface area contributed by atoms with Gasteiger partial charge >= 0.3 is 5.97 Å². The molecule has 0 heterocycles. The zero-order chi connectivity index (χ0) is 13.1. The number of carbonyl (C=O) groups is 1. The number of benzene rings is 2. The SMILES string of the molecule is O=C(O)c1ccc(Sc2ccc(Br)cc2)cc1F. The molecule has 0 fully saturated rings. The standard InChI is InChI=1S/C13H8BrFO2S/c14-8-1-3-9(4-2-8)18-10-5-6-11(13(16)17)12(15)7-10/h1-7H,(H,16,17). The summed E-state index contributed by atoms with van der Waals surface area (Å²) in [6, 6.07) is 11.7. The van der Waals surface area contributed by atoms with Crippen LogP contribution in [0.1, 0.15) is 10.4 Å². The van der Waals surface area contributed by atoms with Crippen molar-refractivity contribution >= 4 is 33.7 Å². The van der Waals surface area contributed by atoms with E-state index in [2.05, 4.69) is 15.9 Å². The van der Waals surface area contributed by atoms with Crippen LogP contribution in [0.2, 0.25) is 0 Å². The van der Waals surface area contributed by atoms with Crippen molar-refractivity contribution in [2.75, 3.05) is 0 Å². The van der Waals surface area contributed by atoms with Crippen LogP contribution in [0.25, 0.3) is 0 Å². The fraction of sp³-hybridized carbons (Fsp3) is 0. The third kappa shape index (κ3) is 3.11. The first-order chi connectivity index (χ1) is 8.56. The lowest BCUT2D eigenvalue weighted by atomic mass is 10.2. The van der Waals surface area contributed by atoms with Crippen LogP contribution in [0.15, 0.2) is 56.7 Å². The van der Waals surface area contributed by atoms with Crippen LogP contribution in [0.5, 0.6) is 0 Å². The molecule has 0 aliphatic carbocycles. The second-order valence-electron chi connectivity index (χ2n) is 3.50. The van der Waals surface area contributed by atoms with Crippen LogP contribution in [0.3, 0.4) is 0 Å². The maximum atomic E-state index is 13.5. The van der Waals surface area contributed by atoms with E-state index in [1.807, 2.05) is 24.3 Å². The summed E-state index contributed by atoms with van der Waals surface area (Å²) in [6.07, 6.45) is 0. The molecular formula is C13H8BrFO2S. The smallest absolute Gasteiger partial charge is 0.338 e. The Morgan fingerprint density at radius 1 is 1.11 bits per heavy atom. The Hall–Kier alpha value is -1.33. The molecule has 18 heavy (non-hydrogen) atoms. The maximum Gasteiger partial charge on any atom is 0.338 e. The van der Waals surface area contributed by atoms with Gasteiger partial charge in [-0.05, 0) is 42.5 Å². The van der Waals surface area contributed by atoms with E-state index in [1.165, 1.54) is 23.9 Å². The van der Waals surface area contributed by atoms with Crippen LogP contribution in [-0.4, -0.2) is 11.1 Å². The Morgan fingerprint density at radius 3 is 2.28 bits per heavy atom. The third-order valence-electron chi connectivity index (χ3n) is 2.22. The third-order valence-corrected chi connectivity index (χ3v) is 3.75. The first-order valence-corrected chi connectivity index (χ1v) is 6.63. The lowest BCUT2D eigenvalue weighted by molar-refractivity contribution is 0.0692. The second-order valence-corrected chi connectivity index (χ2v) is 5.57. The van der Waals surface area contributed by atoms with E-state index in [0.29, 0.717) is 4.90 Å². The summed E-state index contributed by atoms with van der Waals surface area (Å²) in [4.78, 5) is 12.3. The van der Waals surface area contributed by atoms with Crippen molar-refractivity contribution in [3.63, 3.8) is 0 Å². The van der Waals surface area contributed by atoms with E-state index in [9.17, 15) is 9.18 Å². The predicted octanol–water partition coefficient (Wildman–Crippen LogP) is 4.44. The minimum atomic E-state index is -1.26. The molecule has 2 aromatic rings. The van der Waals surface area contributed by atoms with Crippen LogP contribution in [-0.2, 0) is 0 Å². The molecule has 2 aromatic carbocycles. The molecule has 0 spiro atoms. The lowest BCUT2D eigenvalue weighted by Crippen LogP contribution is -1.99. The fourth-order valence-corrected chi connectivity index (χ4v) is 2.48. The van der Waals surface area contributed by atoms with E-state index in [-0.39, 0.29) is 5.56 Å².